The average molecular weight is 242 g/mol. The maximum absolute atomic E-state index is 11.5. The van der Waals surface area contributed by atoms with Crippen molar-refractivity contribution in [3.63, 3.8) is 0 Å². The van der Waals surface area contributed by atoms with Gasteiger partial charge >= 0.3 is 0 Å². The lowest BCUT2D eigenvalue weighted by Crippen LogP contribution is -2.54. The highest BCUT2D eigenvalue weighted by atomic mass is 16.3. The van der Waals surface area contributed by atoms with Gasteiger partial charge in [-0.05, 0) is 32.4 Å². The lowest BCUT2D eigenvalue weighted by atomic mass is 9.92. The zero-order chi connectivity index (χ0) is 12.9. The number of hydrogen-bond donors (Lipinski definition) is 1. The molecule has 0 spiro atoms. The third kappa shape index (κ3) is 4.28. The summed E-state index contributed by atoms with van der Waals surface area (Å²) in [6.45, 7) is 7.27. The van der Waals surface area contributed by atoms with E-state index in [2.05, 4.69) is 11.8 Å². The van der Waals surface area contributed by atoms with E-state index in [4.69, 9.17) is 0 Å². The van der Waals surface area contributed by atoms with E-state index in [0.717, 1.165) is 32.4 Å². The zero-order valence-corrected chi connectivity index (χ0v) is 11.4. The summed E-state index contributed by atoms with van der Waals surface area (Å²) in [5.41, 5.74) is -0.715. The minimum Gasteiger partial charge on any atom is -0.387 e. The molecule has 1 heterocycles. The highest BCUT2D eigenvalue weighted by Crippen LogP contribution is 2.22. The smallest absolute Gasteiger partial charge is 0.222 e. The number of carbonyl (C=O) groups is 1. The maximum Gasteiger partial charge on any atom is 0.222 e. The molecule has 1 N–H and O–H groups in total. The van der Waals surface area contributed by atoms with E-state index in [9.17, 15) is 9.90 Å². The standard InChI is InChI=1S/C13H26N2O2/c1-4-8-15-9-6-7-13(17,11-15)10-14(3)12(16)5-2/h17H,4-11H2,1-3H3. The van der Waals surface area contributed by atoms with Gasteiger partial charge in [0.1, 0.15) is 0 Å². The van der Waals surface area contributed by atoms with Crippen molar-refractivity contribution in [3.8, 4) is 0 Å². The lowest BCUT2D eigenvalue weighted by Gasteiger charge is -2.41. The molecule has 1 fully saturated rings. The number of amides is 1. The van der Waals surface area contributed by atoms with Crippen LogP contribution in [0.25, 0.3) is 0 Å². The number of carbonyl (C=O) groups excluding carboxylic acids is 1. The first kappa shape index (κ1) is 14.5. The van der Waals surface area contributed by atoms with E-state index in [1.807, 2.05) is 6.92 Å². The molecule has 100 valence electrons. The van der Waals surface area contributed by atoms with Crippen LogP contribution in [0.3, 0.4) is 0 Å². The molecule has 1 saturated heterocycles. The molecule has 17 heavy (non-hydrogen) atoms. The Labute approximate surface area is 105 Å². The van der Waals surface area contributed by atoms with Gasteiger partial charge in [0.2, 0.25) is 5.91 Å². The SMILES string of the molecule is CCCN1CCCC(O)(CN(C)C(=O)CC)C1. The van der Waals surface area contributed by atoms with Crippen LogP contribution in [0.4, 0.5) is 0 Å². The summed E-state index contributed by atoms with van der Waals surface area (Å²) in [4.78, 5) is 15.5. The largest absolute Gasteiger partial charge is 0.387 e. The van der Waals surface area contributed by atoms with Gasteiger partial charge in [-0.2, -0.15) is 0 Å². The van der Waals surface area contributed by atoms with Crippen LogP contribution in [0.1, 0.15) is 39.5 Å². The number of β-amino-alcohol motifs (C(OH)–C–C–N with tert-alkyl or cyclic N) is 1. The Hall–Kier alpha value is -0.610. The first-order valence-electron chi connectivity index (χ1n) is 6.69. The van der Waals surface area contributed by atoms with Crippen LogP contribution in [0, 0.1) is 0 Å². The summed E-state index contributed by atoms with van der Waals surface area (Å²) in [5.74, 6) is 0.103. The van der Waals surface area contributed by atoms with Gasteiger partial charge in [-0.3, -0.25) is 4.79 Å². The Balaban J connectivity index is 2.52. The van der Waals surface area contributed by atoms with Gasteiger partial charge in [0.25, 0.3) is 0 Å². The number of likely N-dealkylation sites (tertiary alicyclic amines) is 1. The lowest BCUT2D eigenvalue weighted by molar-refractivity contribution is -0.134. The van der Waals surface area contributed by atoms with Gasteiger partial charge < -0.3 is 14.9 Å². The molecule has 0 bridgehead atoms. The molecule has 1 unspecified atom stereocenters. The second kappa shape index (κ2) is 6.36. The quantitative estimate of drug-likeness (QED) is 0.785. The van der Waals surface area contributed by atoms with E-state index >= 15 is 0 Å². The highest BCUT2D eigenvalue weighted by molar-refractivity contribution is 5.75. The third-order valence-electron chi connectivity index (χ3n) is 3.43. The topological polar surface area (TPSA) is 43.8 Å². The molecule has 0 radical (unpaired) electrons. The van der Waals surface area contributed by atoms with Crippen LogP contribution in [0.15, 0.2) is 0 Å². The molecule has 1 rings (SSSR count). The van der Waals surface area contributed by atoms with E-state index < -0.39 is 5.60 Å². The molecule has 1 aliphatic rings. The van der Waals surface area contributed by atoms with Crippen LogP contribution >= 0.6 is 0 Å². The monoisotopic (exact) mass is 242 g/mol. The Morgan fingerprint density at radius 1 is 1.47 bits per heavy atom. The Bertz CT molecular complexity index is 256. The van der Waals surface area contributed by atoms with Gasteiger partial charge in [-0.1, -0.05) is 13.8 Å². The molecular weight excluding hydrogens is 216 g/mol. The fourth-order valence-corrected chi connectivity index (χ4v) is 2.64. The third-order valence-corrected chi connectivity index (χ3v) is 3.43. The van der Waals surface area contributed by atoms with E-state index in [-0.39, 0.29) is 5.91 Å². The zero-order valence-electron chi connectivity index (χ0n) is 11.4. The molecule has 0 aromatic carbocycles. The summed E-state index contributed by atoms with van der Waals surface area (Å²) in [6, 6.07) is 0. The fourth-order valence-electron chi connectivity index (χ4n) is 2.64. The van der Waals surface area contributed by atoms with Gasteiger partial charge in [-0.25, -0.2) is 0 Å². The molecule has 0 saturated carbocycles. The average Bonchev–Trinajstić information content (AvgIpc) is 2.27. The van der Waals surface area contributed by atoms with Crippen molar-refractivity contribution in [2.75, 3.05) is 33.2 Å². The van der Waals surface area contributed by atoms with Crippen LogP contribution in [0.5, 0.6) is 0 Å². The molecule has 4 nitrogen and oxygen atoms in total. The minimum atomic E-state index is -0.715. The van der Waals surface area contributed by atoms with Crippen molar-refractivity contribution in [3.05, 3.63) is 0 Å². The molecule has 1 amide bonds. The number of hydrogen-bond acceptors (Lipinski definition) is 3. The van der Waals surface area contributed by atoms with Crippen molar-refractivity contribution in [1.82, 2.24) is 9.80 Å². The first-order chi connectivity index (χ1) is 8.00. The van der Waals surface area contributed by atoms with E-state index in [1.165, 1.54) is 0 Å². The van der Waals surface area contributed by atoms with Crippen molar-refractivity contribution >= 4 is 5.91 Å². The Kier molecular flexibility index (Phi) is 5.40. The van der Waals surface area contributed by atoms with Crippen LogP contribution in [0.2, 0.25) is 0 Å². The molecule has 0 aliphatic carbocycles. The van der Waals surface area contributed by atoms with E-state index in [0.29, 0.717) is 19.5 Å². The van der Waals surface area contributed by atoms with Gasteiger partial charge in [0, 0.05) is 20.0 Å². The van der Waals surface area contributed by atoms with Crippen molar-refractivity contribution in [2.24, 2.45) is 0 Å². The number of piperidine rings is 1. The Morgan fingerprint density at radius 2 is 2.18 bits per heavy atom. The highest BCUT2D eigenvalue weighted by Gasteiger charge is 2.34. The van der Waals surface area contributed by atoms with E-state index in [1.54, 1.807) is 11.9 Å². The number of likely N-dealkylation sites (N-methyl/N-ethyl adjacent to an activating group) is 1. The van der Waals surface area contributed by atoms with Crippen LogP contribution in [-0.2, 0) is 4.79 Å². The summed E-state index contributed by atoms with van der Waals surface area (Å²) in [5, 5.41) is 10.5. The second-order valence-electron chi connectivity index (χ2n) is 5.21. The molecule has 4 heteroatoms. The van der Waals surface area contributed by atoms with Gasteiger partial charge in [0.05, 0.1) is 12.1 Å². The maximum atomic E-state index is 11.5. The van der Waals surface area contributed by atoms with Crippen molar-refractivity contribution < 1.29 is 9.90 Å². The molecule has 1 aliphatic heterocycles. The molecular formula is C13H26N2O2. The summed E-state index contributed by atoms with van der Waals surface area (Å²) < 4.78 is 0. The fraction of sp³-hybridized carbons (Fsp3) is 0.923. The second-order valence-corrected chi connectivity index (χ2v) is 5.21. The summed E-state index contributed by atoms with van der Waals surface area (Å²) >= 11 is 0. The predicted octanol–water partition coefficient (Wildman–Crippen LogP) is 1.09. The first-order valence-corrected chi connectivity index (χ1v) is 6.69. The van der Waals surface area contributed by atoms with Gasteiger partial charge in [0.15, 0.2) is 0 Å². The normalized spacial score (nSPS) is 25.9. The van der Waals surface area contributed by atoms with Gasteiger partial charge in [-0.15, -0.1) is 0 Å². The van der Waals surface area contributed by atoms with Crippen LogP contribution in [-0.4, -0.2) is 59.6 Å². The molecule has 0 aromatic heterocycles. The van der Waals surface area contributed by atoms with Crippen molar-refractivity contribution in [2.45, 2.75) is 45.1 Å². The van der Waals surface area contributed by atoms with Crippen molar-refractivity contribution in [1.29, 1.82) is 0 Å². The minimum absolute atomic E-state index is 0.103. The number of rotatable bonds is 5. The predicted molar refractivity (Wildman–Crippen MR) is 68.8 cm³/mol. The molecule has 1 atom stereocenters. The number of nitrogens with zero attached hydrogens (tertiary/aromatic N) is 2. The summed E-state index contributed by atoms with van der Waals surface area (Å²) in [6.07, 6.45) is 3.43. The van der Waals surface area contributed by atoms with Crippen LogP contribution < -0.4 is 0 Å². The number of aliphatic hydroxyl groups is 1. The Morgan fingerprint density at radius 3 is 2.76 bits per heavy atom. The molecule has 0 aromatic rings. The summed E-state index contributed by atoms with van der Waals surface area (Å²) in [7, 11) is 1.78.